The molecule has 2 amide bonds. The van der Waals surface area contributed by atoms with E-state index in [1.54, 1.807) is 19.1 Å². The molecule has 0 spiro atoms. The monoisotopic (exact) mass is 357 g/mol. The Bertz CT molecular complexity index is 401. The SMILES string of the molecule is CCC(C)C(C(CC)OC)N(C)C(=O)CNC(=O)C(C(C)C)N(C)C. The molecule has 6 nitrogen and oxygen atoms in total. The number of likely N-dealkylation sites (N-methyl/N-ethyl adjacent to an activating group) is 2. The maximum absolute atomic E-state index is 12.6. The molecule has 0 aliphatic rings. The molecule has 0 aromatic rings. The highest BCUT2D eigenvalue weighted by Crippen LogP contribution is 2.21. The van der Waals surface area contributed by atoms with Gasteiger partial charge in [0.05, 0.1) is 24.7 Å². The van der Waals surface area contributed by atoms with Crippen LogP contribution in [0.5, 0.6) is 0 Å². The van der Waals surface area contributed by atoms with Crippen molar-refractivity contribution in [2.24, 2.45) is 11.8 Å². The zero-order valence-electron chi connectivity index (χ0n) is 17.6. The Labute approximate surface area is 154 Å². The number of nitrogens with one attached hydrogen (secondary N) is 1. The summed E-state index contributed by atoms with van der Waals surface area (Å²) in [7, 11) is 7.25. The molecular formula is C19H39N3O3. The summed E-state index contributed by atoms with van der Waals surface area (Å²) in [6.45, 7) is 10.3. The minimum Gasteiger partial charge on any atom is -0.379 e. The average molecular weight is 358 g/mol. The number of carbonyl (C=O) groups excluding carboxylic acids is 2. The molecule has 0 bridgehead atoms. The fourth-order valence-corrected chi connectivity index (χ4v) is 3.48. The number of nitrogens with zero attached hydrogens (tertiary/aromatic N) is 2. The first kappa shape index (κ1) is 23.9. The van der Waals surface area contributed by atoms with Crippen LogP contribution in [0.1, 0.15) is 47.5 Å². The van der Waals surface area contributed by atoms with E-state index in [0.29, 0.717) is 5.92 Å². The van der Waals surface area contributed by atoms with Crippen LogP contribution in [0.25, 0.3) is 0 Å². The van der Waals surface area contributed by atoms with Crippen LogP contribution in [-0.4, -0.2) is 74.6 Å². The fourth-order valence-electron chi connectivity index (χ4n) is 3.48. The lowest BCUT2D eigenvalue weighted by Crippen LogP contribution is -2.53. The second-order valence-electron chi connectivity index (χ2n) is 7.43. The lowest BCUT2D eigenvalue weighted by Gasteiger charge is -2.37. The van der Waals surface area contributed by atoms with Gasteiger partial charge in [0.25, 0.3) is 0 Å². The Kier molecular flexibility index (Phi) is 10.9. The molecule has 4 unspecified atom stereocenters. The predicted octanol–water partition coefficient (Wildman–Crippen LogP) is 1.99. The third-order valence-electron chi connectivity index (χ3n) is 5.02. The van der Waals surface area contributed by atoms with Crippen LogP contribution in [0.4, 0.5) is 0 Å². The molecule has 0 saturated heterocycles. The number of methoxy groups -OCH3 is 1. The van der Waals surface area contributed by atoms with Crippen LogP contribution in [0.15, 0.2) is 0 Å². The van der Waals surface area contributed by atoms with Gasteiger partial charge in [0, 0.05) is 14.2 Å². The zero-order valence-corrected chi connectivity index (χ0v) is 17.6. The molecule has 0 aromatic heterocycles. The normalized spacial score (nSPS) is 16.4. The van der Waals surface area contributed by atoms with Crippen molar-refractivity contribution in [3.05, 3.63) is 0 Å². The summed E-state index contributed by atoms with van der Waals surface area (Å²) in [6, 6.07) is -0.245. The summed E-state index contributed by atoms with van der Waals surface area (Å²) in [5, 5.41) is 2.80. The second-order valence-corrected chi connectivity index (χ2v) is 7.43. The number of rotatable bonds is 11. The topological polar surface area (TPSA) is 61.9 Å². The van der Waals surface area contributed by atoms with Crippen molar-refractivity contribution < 1.29 is 14.3 Å². The summed E-state index contributed by atoms with van der Waals surface area (Å²) in [5.41, 5.74) is 0. The van der Waals surface area contributed by atoms with Gasteiger partial charge in [-0.1, -0.05) is 41.0 Å². The molecule has 0 radical (unpaired) electrons. The molecule has 0 fully saturated rings. The Morgan fingerprint density at radius 3 is 1.96 bits per heavy atom. The Morgan fingerprint density at radius 2 is 1.60 bits per heavy atom. The summed E-state index contributed by atoms with van der Waals surface area (Å²) in [5.74, 6) is 0.296. The van der Waals surface area contributed by atoms with Crippen LogP contribution < -0.4 is 5.32 Å². The highest BCUT2D eigenvalue weighted by molar-refractivity contribution is 5.87. The van der Waals surface area contributed by atoms with Crippen LogP contribution in [0.2, 0.25) is 0 Å². The lowest BCUT2D eigenvalue weighted by molar-refractivity contribution is -0.138. The van der Waals surface area contributed by atoms with Crippen molar-refractivity contribution in [2.75, 3.05) is 34.8 Å². The van der Waals surface area contributed by atoms with Gasteiger partial charge in [0.15, 0.2) is 0 Å². The standard InChI is InChI=1S/C19H39N3O3/c1-10-14(5)18(15(11-2)25-9)22(8)16(23)12-20-19(24)17(13(3)4)21(6)7/h13-15,17-18H,10-12H2,1-9H3,(H,20,24). The summed E-state index contributed by atoms with van der Waals surface area (Å²) in [4.78, 5) is 28.7. The van der Waals surface area contributed by atoms with Gasteiger partial charge in [-0.3, -0.25) is 14.5 Å². The molecule has 0 saturated carbocycles. The number of amides is 2. The first-order chi connectivity index (χ1) is 11.6. The highest BCUT2D eigenvalue weighted by Gasteiger charge is 2.32. The van der Waals surface area contributed by atoms with Gasteiger partial charge < -0.3 is 15.0 Å². The van der Waals surface area contributed by atoms with Crippen LogP contribution >= 0.6 is 0 Å². The third-order valence-corrected chi connectivity index (χ3v) is 5.02. The van der Waals surface area contributed by atoms with Gasteiger partial charge in [-0.15, -0.1) is 0 Å². The third kappa shape index (κ3) is 6.94. The van der Waals surface area contributed by atoms with E-state index in [0.717, 1.165) is 12.8 Å². The summed E-state index contributed by atoms with van der Waals surface area (Å²) in [6.07, 6.45) is 1.79. The molecular weight excluding hydrogens is 318 g/mol. The van der Waals surface area contributed by atoms with Crippen LogP contribution in [-0.2, 0) is 14.3 Å². The van der Waals surface area contributed by atoms with Gasteiger partial charge in [-0.25, -0.2) is 0 Å². The van der Waals surface area contributed by atoms with Crippen molar-refractivity contribution in [3.63, 3.8) is 0 Å². The molecule has 0 aromatic carbocycles. The zero-order chi connectivity index (χ0) is 19.7. The van der Waals surface area contributed by atoms with E-state index in [-0.39, 0.29) is 42.5 Å². The molecule has 6 heteroatoms. The van der Waals surface area contributed by atoms with E-state index in [4.69, 9.17) is 4.74 Å². The van der Waals surface area contributed by atoms with Crippen LogP contribution in [0, 0.1) is 11.8 Å². The summed E-state index contributed by atoms with van der Waals surface area (Å²) < 4.78 is 5.59. The molecule has 25 heavy (non-hydrogen) atoms. The molecule has 0 rings (SSSR count). The lowest BCUT2D eigenvalue weighted by atomic mass is 9.91. The Hall–Kier alpha value is -1.14. The quantitative estimate of drug-likeness (QED) is 0.614. The van der Waals surface area contributed by atoms with E-state index in [2.05, 4.69) is 26.1 Å². The minimum atomic E-state index is -0.245. The van der Waals surface area contributed by atoms with E-state index in [1.807, 2.05) is 32.8 Å². The van der Waals surface area contributed by atoms with Gasteiger partial charge in [-0.2, -0.15) is 0 Å². The van der Waals surface area contributed by atoms with Crippen molar-refractivity contribution in [2.45, 2.75) is 65.6 Å². The molecule has 0 aliphatic heterocycles. The van der Waals surface area contributed by atoms with Crippen LogP contribution in [0.3, 0.4) is 0 Å². The van der Waals surface area contributed by atoms with Gasteiger partial charge in [0.1, 0.15) is 0 Å². The van der Waals surface area contributed by atoms with Gasteiger partial charge in [-0.05, 0) is 32.4 Å². The summed E-state index contributed by atoms with van der Waals surface area (Å²) >= 11 is 0. The average Bonchev–Trinajstić information content (AvgIpc) is 2.55. The number of hydrogen-bond acceptors (Lipinski definition) is 4. The highest BCUT2D eigenvalue weighted by atomic mass is 16.5. The Balaban J connectivity index is 4.98. The smallest absolute Gasteiger partial charge is 0.242 e. The van der Waals surface area contributed by atoms with E-state index in [9.17, 15) is 9.59 Å². The fraction of sp³-hybridized carbons (Fsp3) is 0.895. The molecule has 1 N–H and O–H groups in total. The predicted molar refractivity (Wildman–Crippen MR) is 102 cm³/mol. The Morgan fingerprint density at radius 1 is 1.04 bits per heavy atom. The van der Waals surface area contributed by atoms with Crippen molar-refractivity contribution in [1.29, 1.82) is 0 Å². The molecule has 4 atom stereocenters. The number of hydrogen-bond donors (Lipinski definition) is 1. The van der Waals surface area contributed by atoms with Crippen molar-refractivity contribution in [3.8, 4) is 0 Å². The molecule has 0 aliphatic carbocycles. The van der Waals surface area contributed by atoms with Gasteiger partial charge >= 0.3 is 0 Å². The first-order valence-electron chi connectivity index (χ1n) is 9.34. The van der Waals surface area contributed by atoms with E-state index < -0.39 is 0 Å². The van der Waals surface area contributed by atoms with Gasteiger partial charge in [0.2, 0.25) is 11.8 Å². The molecule has 148 valence electrons. The van der Waals surface area contributed by atoms with E-state index >= 15 is 0 Å². The molecule has 0 heterocycles. The number of ether oxygens (including phenoxy) is 1. The van der Waals surface area contributed by atoms with E-state index in [1.165, 1.54) is 0 Å². The largest absolute Gasteiger partial charge is 0.379 e. The van der Waals surface area contributed by atoms with Crippen molar-refractivity contribution in [1.82, 2.24) is 15.1 Å². The second kappa shape index (κ2) is 11.5. The number of carbonyl (C=O) groups is 2. The first-order valence-corrected chi connectivity index (χ1v) is 9.34. The van der Waals surface area contributed by atoms with Crippen molar-refractivity contribution >= 4 is 11.8 Å². The maximum atomic E-state index is 12.6. The minimum absolute atomic E-state index is 0.000790. The maximum Gasteiger partial charge on any atom is 0.242 e.